The fourth-order valence-electron chi connectivity index (χ4n) is 3.05. The molecule has 6 N–H and O–H groups in total. The van der Waals surface area contributed by atoms with E-state index >= 15 is 0 Å². The van der Waals surface area contributed by atoms with Crippen molar-refractivity contribution in [3.63, 3.8) is 0 Å². The van der Waals surface area contributed by atoms with Crippen molar-refractivity contribution in [1.29, 1.82) is 0 Å². The number of ether oxygens (including phenoxy) is 1. The Bertz CT molecular complexity index is 1190. The fourth-order valence-corrected chi connectivity index (χ4v) is 3.15. The number of nitrogens with one attached hydrogen (secondary N) is 2. The number of amidine groups is 1. The largest absolute Gasteiger partial charge is 0.490 e. The lowest BCUT2D eigenvalue weighted by molar-refractivity contribution is 0.0882. The van der Waals surface area contributed by atoms with Crippen LogP contribution in [0.3, 0.4) is 0 Å². The van der Waals surface area contributed by atoms with Gasteiger partial charge in [0, 0.05) is 22.7 Å². The van der Waals surface area contributed by atoms with Crippen molar-refractivity contribution in [2.75, 3.05) is 12.3 Å². The third kappa shape index (κ3) is 4.57. The van der Waals surface area contributed by atoms with Crippen LogP contribution in [-0.2, 0) is 0 Å². The molecule has 0 bridgehead atoms. The van der Waals surface area contributed by atoms with E-state index in [0.29, 0.717) is 33.5 Å². The monoisotopic (exact) mass is 425 g/mol. The van der Waals surface area contributed by atoms with Crippen LogP contribution >= 0.6 is 12.8 Å². The molecule has 0 radical (unpaired) electrons. The van der Waals surface area contributed by atoms with E-state index in [0.717, 1.165) is 0 Å². The van der Waals surface area contributed by atoms with Crippen molar-refractivity contribution in [2.24, 2.45) is 10.1 Å². The van der Waals surface area contributed by atoms with Crippen molar-refractivity contribution in [2.45, 2.75) is 19.4 Å². The van der Waals surface area contributed by atoms with Gasteiger partial charge in [0.15, 0.2) is 0 Å². The van der Waals surface area contributed by atoms with Crippen molar-refractivity contribution in [3.05, 3.63) is 70.0 Å². The molecule has 0 fully saturated rings. The van der Waals surface area contributed by atoms with Crippen molar-refractivity contribution in [3.8, 4) is 5.75 Å². The van der Waals surface area contributed by atoms with Crippen molar-refractivity contribution in [1.82, 2.24) is 10.3 Å². The van der Waals surface area contributed by atoms with Gasteiger partial charge in [0.05, 0.1) is 16.7 Å². The SMILES string of the molecule is CC(C)(COc1cccc(N)c1/C(N)=N\S)NC(=O)c1cc(=O)[nH]c2ccccc12. The van der Waals surface area contributed by atoms with Crippen LogP contribution in [0.4, 0.5) is 5.69 Å². The van der Waals surface area contributed by atoms with Gasteiger partial charge in [0.1, 0.15) is 18.2 Å². The molecule has 9 heteroatoms. The number of fused-ring (bicyclic) bond motifs is 1. The number of anilines is 1. The molecule has 0 aliphatic rings. The molecule has 2 aromatic carbocycles. The number of H-pyrrole nitrogens is 1. The molecule has 156 valence electrons. The van der Waals surface area contributed by atoms with Crippen LogP contribution < -0.4 is 27.1 Å². The molecule has 0 saturated heterocycles. The van der Waals surface area contributed by atoms with Gasteiger partial charge < -0.3 is 26.5 Å². The Hall–Kier alpha value is -3.46. The highest BCUT2D eigenvalue weighted by atomic mass is 32.1. The third-order valence-electron chi connectivity index (χ3n) is 4.46. The maximum Gasteiger partial charge on any atom is 0.252 e. The van der Waals surface area contributed by atoms with Gasteiger partial charge in [-0.1, -0.05) is 24.3 Å². The van der Waals surface area contributed by atoms with Gasteiger partial charge in [-0.05, 0) is 44.9 Å². The van der Waals surface area contributed by atoms with E-state index in [-0.39, 0.29) is 23.9 Å². The maximum atomic E-state index is 12.9. The number of pyridine rings is 1. The smallest absolute Gasteiger partial charge is 0.252 e. The summed E-state index contributed by atoms with van der Waals surface area (Å²) < 4.78 is 9.57. The Kier molecular flexibility index (Phi) is 6.02. The first-order chi connectivity index (χ1) is 14.2. The normalized spacial score (nSPS) is 12.0. The van der Waals surface area contributed by atoms with Crippen LogP contribution in [0.5, 0.6) is 5.75 Å². The quantitative estimate of drug-likeness (QED) is 0.179. The first-order valence-corrected chi connectivity index (χ1v) is 9.55. The summed E-state index contributed by atoms with van der Waals surface area (Å²) in [4.78, 5) is 27.6. The van der Waals surface area contributed by atoms with Gasteiger partial charge >= 0.3 is 0 Å². The van der Waals surface area contributed by atoms with Crippen LogP contribution in [0.25, 0.3) is 10.9 Å². The Morgan fingerprint density at radius 3 is 2.70 bits per heavy atom. The number of aromatic amines is 1. The zero-order valence-corrected chi connectivity index (χ0v) is 17.5. The van der Waals surface area contributed by atoms with Crippen LogP contribution in [0.1, 0.15) is 29.8 Å². The van der Waals surface area contributed by atoms with Gasteiger partial charge in [0.25, 0.3) is 5.91 Å². The first kappa shape index (κ1) is 21.3. The van der Waals surface area contributed by atoms with Crippen molar-refractivity contribution < 1.29 is 9.53 Å². The molecule has 1 amide bonds. The van der Waals surface area contributed by atoms with E-state index in [2.05, 4.69) is 27.5 Å². The van der Waals surface area contributed by atoms with Gasteiger partial charge in [-0.3, -0.25) is 9.59 Å². The summed E-state index contributed by atoms with van der Waals surface area (Å²) in [5.74, 6) is 0.174. The number of hydrogen-bond acceptors (Lipinski definition) is 6. The van der Waals surface area contributed by atoms with E-state index in [1.165, 1.54) is 6.07 Å². The summed E-state index contributed by atoms with van der Waals surface area (Å²) in [6.07, 6.45) is 0. The number of aromatic nitrogens is 1. The number of hydrogen-bond donors (Lipinski definition) is 5. The second-order valence-corrected chi connectivity index (χ2v) is 7.63. The summed E-state index contributed by atoms with van der Waals surface area (Å²) in [5, 5.41) is 3.57. The van der Waals surface area contributed by atoms with Gasteiger partial charge in [0.2, 0.25) is 5.56 Å². The average molecular weight is 426 g/mol. The first-order valence-electron chi connectivity index (χ1n) is 9.15. The second kappa shape index (κ2) is 8.50. The lowest BCUT2D eigenvalue weighted by Crippen LogP contribution is -2.48. The van der Waals surface area contributed by atoms with E-state index in [1.807, 2.05) is 13.8 Å². The molecule has 3 rings (SSSR count). The topological polar surface area (TPSA) is 136 Å². The number of nitrogens with zero attached hydrogens (tertiary/aromatic N) is 1. The highest BCUT2D eigenvalue weighted by molar-refractivity contribution is 7.79. The van der Waals surface area contributed by atoms with Crippen LogP contribution in [0.2, 0.25) is 0 Å². The number of nitrogen functional groups attached to an aromatic ring is 1. The minimum absolute atomic E-state index is 0.121. The lowest BCUT2D eigenvalue weighted by atomic mass is 10.0. The van der Waals surface area contributed by atoms with Gasteiger partial charge in [-0.25, -0.2) is 4.40 Å². The Morgan fingerprint density at radius 1 is 1.23 bits per heavy atom. The van der Waals surface area contributed by atoms with Crippen LogP contribution in [0.15, 0.2) is 57.7 Å². The molecule has 1 aromatic heterocycles. The van der Waals surface area contributed by atoms with Gasteiger partial charge in [-0.15, -0.1) is 0 Å². The Morgan fingerprint density at radius 2 is 1.97 bits per heavy atom. The molecule has 0 atom stereocenters. The number of rotatable bonds is 6. The number of carbonyl (C=O) groups is 1. The molecule has 3 aromatic rings. The number of para-hydroxylation sites is 1. The van der Waals surface area contributed by atoms with E-state index in [9.17, 15) is 9.59 Å². The van der Waals surface area contributed by atoms with Crippen LogP contribution in [-0.4, -0.2) is 28.9 Å². The molecule has 30 heavy (non-hydrogen) atoms. The number of carbonyl (C=O) groups excluding carboxylic acids is 1. The molecule has 0 aliphatic heterocycles. The minimum Gasteiger partial charge on any atom is -0.490 e. The zero-order chi connectivity index (χ0) is 21.9. The molecular weight excluding hydrogens is 402 g/mol. The van der Waals surface area contributed by atoms with Gasteiger partial charge in [-0.2, -0.15) is 0 Å². The van der Waals surface area contributed by atoms with E-state index in [1.54, 1.807) is 42.5 Å². The summed E-state index contributed by atoms with van der Waals surface area (Å²) in [6, 6.07) is 13.5. The molecule has 0 saturated carbocycles. The zero-order valence-electron chi connectivity index (χ0n) is 16.6. The molecule has 1 heterocycles. The molecule has 0 spiro atoms. The number of nitrogens with two attached hydrogens (primary N) is 2. The second-order valence-electron chi connectivity index (χ2n) is 7.43. The number of thiol groups is 1. The number of amides is 1. The highest BCUT2D eigenvalue weighted by Crippen LogP contribution is 2.25. The highest BCUT2D eigenvalue weighted by Gasteiger charge is 2.24. The van der Waals surface area contributed by atoms with Crippen molar-refractivity contribution >= 4 is 41.1 Å². The van der Waals surface area contributed by atoms with E-state index < -0.39 is 5.54 Å². The lowest BCUT2D eigenvalue weighted by Gasteiger charge is -2.27. The summed E-state index contributed by atoms with van der Waals surface area (Å²) >= 11 is 3.84. The molecular formula is C21H23N5O3S. The van der Waals surface area contributed by atoms with E-state index in [4.69, 9.17) is 16.2 Å². The maximum absolute atomic E-state index is 12.9. The Labute approximate surface area is 178 Å². The summed E-state index contributed by atoms with van der Waals surface area (Å²) in [7, 11) is 0. The average Bonchev–Trinajstić information content (AvgIpc) is 2.70. The summed E-state index contributed by atoms with van der Waals surface area (Å²) in [6.45, 7) is 3.74. The fraction of sp³-hybridized carbons (Fsp3) is 0.190. The minimum atomic E-state index is -0.768. The predicted octanol–water partition coefficient (Wildman–Crippen LogP) is 2.25. The standard InChI is InChI=1S/C21H23N5O3S/c1-21(2,11-29-16-9-5-7-14(22)18(16)19(23)26-30)25-20(28)13-10-17(27)24-15-8-4-3-6-12(13)15/h3-10,30H,11,22H2,1-2H3,(H2,23,26)(H,24,27)(H,25,28). The Balaban J connectivity index is 1.81. The number of benzene rings is 2. The third-order valence-corrected chi connectivity index (χ3v) is 4.67. The molecule has 0 aliphatic carbocycles. The van der Waals surface area contributed by atoms with Crippen LogP contribution in [0, 0.1) is 0 Å². The molecule has 0 unspecified atom stereocenters. The molecule has 8 nitrogen and oxygen atoms in total. The summed E-state index contributed by atoms with van der Waals surface area (Å²) in [5.41, 5.74) is 12.5. The predicted molar refractivity (Wildman–Crippen MR) is 122 cm³/mol.